The number of nitrogens with two attached hydrogens (primary N) is 2. The van der Waals surface area contributed by atoms with Crippen LogP contribution in [0, 0.1) is 0 Å². The van der Waals surface area contributed by atoms with Crippen molar-refractivity contribution in [1.29, 1.82) is 0 Å². The van der Waals surface area contributed by atoms with Gasteiger partial charge >= 0.3 is 0 Å². The smallest absolute Gasteiger partial charge is 0.254 e. The first-order valence-electron chi connectivity index (χ1n) is 9.77. The van der Waals surface area contributed by atoms with Crippen LogP contribution in [0.3, 0.4) is 0 Å². The minimum Gasteiger partial charge on any atom is -0.748 e. The second kappa shape index (κ2) is 8.10. The van der Waals surface area contributed by atoms with Crippen LogP contribution < -0.4 is 16.5 Å². The van der Waals surface area contributed by atoms with Gasteiger partial charge in [-0.1, -0.05) is 18.2 Å². The fourth-order valence-electron chi connectivity index (χ4n) is 3.66. The number of fused-ring (bicyclic) bond motifs is 2. The SMILES string of the molecule is CN(CCS(=O)(=O)[O-])C(=O)c1ccccc1-c1c2ccc(=[NH2+])cc-2oc2cc(N)ccc12. The van der Waals surface area contributed by atoms with E-state index in [1.807, 2.05) is 24.3 Å². The highest BCUT2D eigenvalue weighted by molar-refractivity contribution is 7.85. The molecule has 0 bridgehead atoms. The Bertz CT molecular complexity index is 1480. The summed E-state index contributed by atoms with van der Waals surface area (Å²) in [5, 5.41) is 7.23. The normalized spacial score (nSPS) is 11.7. The maximum absolute atomic E-state index is 13.2. The van der Waals surface area contributed by atoms with Crippen molar-refractivity contribution >= 4 is 32.7 Å². The summed E-state index contributed by atoms with van der Waals surface area (Å²) >= 11 is 0. The highest BCUT2D eigenvalue weighted by Gasteiger charge is 2.23. The molecule has 0 fully saturated rings. The zero-order valence-corrected chi connectivity index (χ0v) is 18.1. The fraction of sp³-hybridized carbons (Fsp3) is 0.130. The Labute approximate surface area is 184 Å². The summed E-state index contributed by atoms with van der Waals surface area (Å²) in [5.41, 5.74) is 9.52. The van der Waals surface area contributed by atoms with Crippen molar-refractivity contribution in [2.24, 2.45) is 0 Å². The van der Waals surface area contributed by atoms with Gasteiger partial charge in [-0.2, -0.15) is 0 Å². The maximum Gasteiger partial charge on any atom is 0.254 e. The van der Waals surface area contributed by atoms with Crippen molar-refractivity contribution in [2.75, 3.05) is 25.1 Å². The van der Waals surface area contributed by atoms with Gasteiger partial charge in [0.2, 0.25) is 0 Å². The third-order valence-corrected chi connectivity index (χ3v) is 5.90. The summed E-state index contributed by atoms with van der Waals surface area (Å²) in [7, 11) is -2.98. The molecule has 0 radical (unpaired) electrons. The molecule has 2 aromatic rings. The van der Waals surface area contributed by atoms with E-state index in [0.29, 0.717) is 33.5 Å². The number of anilines is 1. The summed E-state index contributed by atoms with van der Waals surface area (Å²) in [4.78, 5) is 14.4. The molecular formula is C23H21N3O5S. The van der Waals surface area contributed by atoms with E-state index in [4.69, 9.17) is 15.6 Å². The lowest BCUT2D eigenvalue weighted by molar-refractivity contribution is -0.172. The predicted molar refractivity (Wildman–Crippen MR) is 119 cm³/mol. The van der Waals surface area contributed by atoms with Crippen molar-refractivity contribution in [3.8, 4) is 22.5 Å². The molecule has 4 N–H and O–H groups in total. The number of hydrogen-bond donors (Lipinski definition) is 2. The van der Waals surface area contributed by atoms with Crippen LogP contribution >= 0.6 is 0 Å². The van der Waals surface area contributed by atoms with Gasteiger partial charge in [0.05, 0.1) is 21.9 Å². The predicted octanol–water partition coefficient (Wildman–Crippen LogP) is 1.06. The Balaban J connectivity index is 1.94. The molecule has 0 saturated carbocycles. The van der Waals surface area contributed by atoms with E-state index < -0.39 is 21.8 Å². The van der Waals surface area contributed by atoms with Crippen LogP contribution in [0.4, 0.5) is 5.69 Å². The number of carbonyl (C=O) groups excluding carboxylic acids is 1. The quantitative estimate of drug-likeness (QED) is 0.264. The van der Waals surface area contributed by atoms with E-state index in [9.17, 15) is 17.8 Å². The number of benzene rings is 3. The molecule has 0 spiro atoms. The van der Waals surface area contributed by atoms with E-state index in [2.05, 4.69) is 0 Å². The molecule has 2 aliphatic rings. The van der Waals surface area contributed by atoms with Crippen LogP contribution in [-0.4, -0.2) is 43.1 Å². The first-order chi connectivity index (χ1) is 15.1. The minimum absolute atomic E-state index is 0.211. The average Bonchev–Trinajstić information content (AvgIpc) is 2.74. The number of hydrogen-bond acceptors (Lipinski definition) is 6. The third-order valence-electron chi connectivity index (χ3n) is 5.22. The van der Waals surface area contributed by atoms with Crippen molar-refractivity contribution < 1.29 is 27.6 Å². The van der Waals surface area contributed by atoms with Crippen LogP contribution in [0.15, 0.2) is 65.1 Å². The summed E-state index contributed by atoms with van der Waals surface area (Å²) in [6.45, 7) is -0.211. The first kappa shape index (κ1) is 21.5. The zero-order valence-electron chi connectivity index (χ0n) is 17.2. The lowest BCUT2D eigenvalue weighted by Crippen LogP contribution is -2.44. The summed E-state index contributed by atoms with van der Waals surface area (Å²) in [6, 6.07) is 17.6. The standard InChI is InChI=1S/C23H21N3O5S/c1-26(10-11-32(28,29)30)23(27)17-5-3-2-4-16(17)22-18-8-6-14(24)12-20(18)31-21-13-15(25)7-9-19(21)22/h2-9,12-13,24H,10-11,25H2,1H3,(H,28,29,30). The highest BCUT2D eigenvalue weighted by atomic mass is 32.2. The molecule has 0 unspecified atom stereocenters. The fourth-order valence-corrected chi connectivity index (χ4v) is 4.15. The first-order valence-corrected chi connectivity index (χ1v) is 11.3. The number of amides is 1. The van der Waals surface area contributed by atoms with Gasteiger partial charge in [-0.3, -0.25) is 10.2 Å². The number of nitrogen functional groups attached to an aromatic ring is 1. The van der Waals surface area contributed by atoms with Gasteiger partial charge in [0, 0.05) is 53.5 Å². The van der Waals surface area contributed by atoms with Crippen LogP contribution in [0.2, 0.25) is 0 Å². The number of carbonyl (C=O) groups is 1. The summed E-state index contributed by atoms with van der Waals surface area (Å²) in [5.74, 6) is -0.533. The molecule has 1 heterocycles. The van der Waals surface area contributed by atoms with E-state index >= 15 is 0 Å². The van der Waals surface area contributed by atoms with Gasteiger partial charge in [0.25, 0.3) is 5.91 Å². The van der Waals surface area contributed by atoms with Crippen molar-refractivity contribution in [3.05, 3.63) is 71.6 Å². The van der Waals surface area contributed by atoms with Gasteiger partial charge in [0.1, 0.15) is 11.3 Å². The molecule has 2 aromatic carbocycles. The molecule has 0 aromatic heterocycles. The number of rotatable bonds is 5. The molecule has 4 rings (SSSR count). The molecule has 1 amide bonds. The van der Waals surface area contributed by atoms with Gasteiger partial charge in [-0.05, 0) is 29.8 Å². The highest BCUT2D eigenvalue weighted by Crippen LogP contribution is 2.41. The Morgan fingerprint density at radius 3 is 2.59 bits per heavy atom. The molecule has 0 saturated heterocycles. The van der Waals surface area contributed by atoms with Gasteiger partial charge in [-0.25, -0.2) is 8.42 Å². The Kier molecular flexibility index (Phi) is 5.45. The molecule has 0 atom stereocenters. The third kappa shape index (κ3) is 4.20. The lowest BCUT2D eigenvalue weighted by atomic mass is 9.90. The Morgan fingerprint density at radius 2 is 1.84 bits per heavy atom. The largest absolute Gasteiger partial charge is 0.748 e. The molecule has 8 nitrogen and oxygen atoms in total. The maximum atomic E-state index is 13.2. The van der Waals surface area contributed by atoms with Crippen LogP contribution in [-0.2, 0) is 10.1 Å². The Morgan fingerprint density at radius 1 is 1.09 bits per heavy atom. The molecule has 1 aliphatic heterocycles. The second-order valence-electron chi connectivity index (χ2n) is 7.52. The van der Waals surface area contributed by atoms with E-state index in [0.717, 1.165) is 16.5 Å². The topological polar surface area (TPSA) is 142 Å². The van der Waals surface area contributed by atoms with Gasteiger partial charge < -0.3 is 19.6 Å². The van der Waals surface area contributed by atoms with E-state index in [1.165, 1.54) is 11.9 Å². The van der Waals surface area contributed by atoms with Crippen molar-refractivity contribution in [1.82, 2.24) is 4.90 Å². The second-order valence-corrected chi connectivity index (χ2v) is 9.05. The Hall–Kier alpha value is -3.69. The molecule has 32 heavy (non-hydrogen) atoms. The van der Waals surface area contributed by atoms with Gasteiger partial charge in [-0.15, -0.1) is 0 Å². The molecule has 1 aliphatic carbocycles. The lowest BCUT2D eigenvalue weighted by Gasteiger charge is -2.21. The molecule has 164 valence electrons. The van der Waals surface area contributed by atoms with E-state index in [-0.39, 0.29) is 6.54 Å². The molecular weight excluding hydrogens is 430 g/mol. The van der Waals surface area contributed by atoms with Gasteiger partial charge in [0.15, 0.2) is 5.36 Å². The summed E-state index contributed by atoms with van der Waals surface area (Å²) in [6.07, 6.45) is 0. The minimum atomic E-state index is -4.44. The van der Waals surface area contributed by atoms with Crippen molar-refractivity contribution in [3.63, 3.8) is 0 Å². The molecule has 9 heteroatoms. The number of nitrogens with zero attached hydrogens (tertiary/aromatic N) is 1. The van der Waals surface area contributed by atoms with Crippen molar-refractivity contribution in [2.45, 2.75) is 0 Å². The van der Waals surface area contributed by atoms with Crippen LogP contribution in [0.5, 0.6) is 0 Å². The summed E-state index contributed by atoms with van der Waals surface area (Å²) < 4.78 is 39.1. The average molecular weight is 452 g/mol. The van der Waals surface area contributed by atoms with Crippen LogP contribution in [0.25, 0.3) is 33.4 Å². The van der Waals surface area contributed by atoms with Crippen LogP contribution in [0.1, 0.15) is 10.4 Å². The van der Waals surface area contributed by atoms with E-state index in [1.54, 1.807) is 36.4 Å². The monoisotopic (exact) mass is 451 g/mol. The zero-order chi connectivity index (χ0) is 23.0.